The first kappa shape index (κ1) is 57.2. The number of carbonyl (C=O) groups excluding carboxylic acids is 2. The van der Waals surface area contributed by atoms with E-state index in [1.807, 2.05) is 30.4 Å². The molecular weight excluding hydrogens is 997 g/mol. The van der Waals surface area contributed by atoms with Crippen molar-refractivity contribution in [2.45, 2.75) is 20.9 Å². The number of benzene rings is 7. The van der Waals surface area contributed by atoms with Gasteiger partial charge in [0.1, 0.15) is 22.9 Å². The number of allylic oxidation sites excluding steroid dienone is 1. The fraction of sp³-hybridized carbons (Fsp3) is 0.0536. The van der Waals surface area contributed by atoms with Crippen LogP contribution in [0, 0.1) is 0 Å². The van der Waals surface area contributed by atoms with E-state index in [2.05, 4.69) is 4.99 Å². The summed E-state index contributed by atoms with van der Waals surface area (Å²) >= 11 is 5.17. The van der Waals surface area contributed by atoms with Gasteiger partial charge in [-0.25, -0.2) is 14.6 Å². The van der Waals surface area contributed by atoms with Crippen LogP contribution in [0.25, 0.3) is 39.0 Å². The zero-order chi connectivity index (χ0) is 51.2. The minimum absolute atomic E-state index is 0. The Morgan fingerprint density at radius 3 is 1.89 bits per heavy atom. The van der Waals surface area contributed by atoms with E-state index < -0.39 is 30.2 Å². The number of carbonyl (C=O) groups is 4. The third-order valence-corrected chi connectivity index (χ3v) is 11.6. The SMILES string of the molecule is C.C.Nc1ccc2c(-c3ccccc3C(=O)O)c3ccc(=NC(=O)c4ccc(B(O)O)cc4)cc-3oc2c1.Nc1ccc2c(c1)OC1=CC(N)C=CC1=C2c1ccccc1C(=O)O.O=Bc1ccc(C(=O)Cl)cc1.[Cl-]. The van der Waals surface area contributed by atoms with Crippen LogP contribution in [-0.4, -0.2) is 63.7 Å². The molecule has 75 heavy (non-hydrogen) atoms. The van der Waals surface area contributed by atoms with Gasteiger partial charge in [-0.05, 0) is 83.3 Å². The van der Waals surface area contributed by atoms with Crippen molar-refractivity contribution in [2.24, 2.45) is 10.7 Å². The molecule has 4 aliphatic rings. The molecule has 1 atom stereocenters. The average Bonchev–Trinajstić information content (AvgIpc) is 3.37. The molecule has 2 heterocycles. The van der Waals surface area contributed by atoms with Crippen molar-refractivity contribution in [1.29, 1.82) is 0 Å². The number of nitrogens with two attached hydrogens (primary N) is 3. The molecule has 0 aromatic heterocycles. The normalized spacial score (nSPS) is 12.9. The van der Waals surface area contributed by atoms with Gasteiger partial charge in [-0.3, -0.25) is 4.79 Å². The number of nitrogen functional groups attached to an aromatic ring is 2. The van der Waals surface area contributed by atoms with Gasteiger partial charge in [0.15, 0.2) is 0 Å². The molecule has 6 aromatic rings. The molecule has 0 bridgehead atoms. The first-order valence-electron chi connectivity index (χ1n) is 21.8. The van der Waals surface area contributed by atoms with Crippen LogP contribution in [0.5, 0.6) is 5.75 Å². The summed E-state index contributed by atoms with van der Waals surface area (Å²) in [6.45, 7) is 0. The summed E-state index contributed by atoms with van der Waals surface area (Å²) in [5.41, 5.74) is 26.1. The van der Waals surface area contributed by atoms with Crippen LogP contribution in [-0.2, 0) is 4.70 Å². The summed E-state index contributed by atoms with van der Waals surface area (Å²) in [5, 5.41) is 38.4. The number of nitrogens with zero attached hydrogens (tertiary/aromatic N) is 1. The zero-order valence-corrected chi connectivity index (χ0v) is 39.5. The van der Waals surface area contributed by atoms with Crippen LogP contribution in [0.4, 0.5) is 11.4 Å². The molecule has 10 N–H and O–H groups in total. The molecule has 2 aliphatic heterocycles. The first-order valence-corrected chi connectivity index (χ1v) is 22.2. The third-order valence-electron chi connectivity index (χ3n) is 11.4. The number of carboxylic acid groups (broad SMARTS) is 2. The number of hydrogen-bond acceptors (Lipinski definition) is 12. The van der Waals surface area contributed by atoms with E-state index in [1.165, 1.54) is 36.4 Å². The second-order valence-electron chi connectivity index (χ2n) is 16.2. The topological polar surface area (TPSA) is 279 Å². The fourth-order valence-corrected chi connectivity index (χ4v) is 8.12. The molecule has 6 aromatic carbocycles. The van der Waals surface area contributed by atoms with E-state index in [9.17, 15) is 44.1 Å². The van der Waals surface area contributed by atoms with Crippen LogP contribution < -0.4 is 50.6 Å². The number of anilines is 2. The Balaban J connectivity index is 0.000000231. The number of rotatable bonds is 8. The van der Waals surface area contributed by atoms with Crippen molar-refractivity contribution < 1.29 is 65.7 Å². The van der Waals surface area contributed by atoms with Crippen LogP contribution in [0.1, 0.15) is 67.4 Å². The van der Waals surface area contributed by atoms with Crippen molar-refractivity contribution in [1.82, 2.24) is 0 Å². The van der Waals surface area contributed by atoms with Gasteiger partial charge in [0, 0.05) is 74.4 Å². The van der Waals surface area contributed by atoms with Crippen molar-refractivity contribution in [3.8, 4) is 28.2 Å². The second-order valence-corrected chi connectivity index (χ2v) is 16.5. The van der Waals surface area contributed by atoms with Gasteiger partial charge in [0.2, 0.25) is 0 Å². The molecule has 2 aliphatic carbocycles. The second kappa shape index (κ2) is 24.8. The Kier molecular flexibility index (Phi) is 18.9. The van der Waals surface area contributed by atoms with E-state index in [0.717, 1.165) is 16.7 Å². The van der Waals surface area contributed by atoms with Gasteiger partial charge in [-0.15, -0.1) is 0 Å². The summed E-state index contributed by atoms with van der Waals surface area (Å²) in [4.78, 5) is 51.1. The monoisotopic (exact) mass is 1040 g/mol. The standard InChI is InChI=1S/C27H19BN2O6.C20H16N2O3.C7H4BClO2.2CH4.ClH/c29-17-9-11-21-23(13-17)36-24-14-18(30-26(31)15-5-7-16(8-6-15)28(34)35)10-12-22(24)25(21)19-3-1-2-4-20(19)27(32)33;21-11-5-7-15-17(9-11)25-18-10-12(22)6-8-16(18)19(15)13-3-1-2-4-14(13)20(23)24;9-7(10)5-1-3-6(8-11)4-2-5;;;/h1-14,34-35H,29H2,(H,32,33);1-11H,21-22H2,(H,23,24);1-4H;2*1H4;1H/p-1. The van der Waals surface area contributed by atoms with Crippen LogP contribution in [0.2, 0.25) is 0 Å². The predicted molar refractivity (Wildman–Crippen MR) is 288 cm³/mol. The first-order chi connectivity index (χ1) is 34.6. The van der Waals surface area contributed by atoms with Crippen LogP contribution in [0.3, 0.4) is 0 Å². The molecule has 19 heteroatoms. The number of halogens is 2. The van der Waals surface area contributed by atoms with Crippen molar-refractivity contribution in [3.05, 3.63) is 220 Å². The number of carboxylic acids is 2. The number of aromatic carboxylic acids is 2. The molecule has 0 saturated carbocycles. The minimum Gasteiger partial charge on any atom is -1.00 e. The Hall–Kier alpha value is -8.70. The number of amides is 1. The molecule has 0 fully saturated rings. The average molecular weight is 1040 g/mol. The largest absolute Gasteiger partial charge is 1.00 e. The van der Waals surface area contributed by atoms with E-state index in [4.69, 9.17) is 38.0 Å². The van der Waals surface area contributed by atoms with Gasteiger partial charge < -0.3 is 59.0 Å². The summed E-state index contributed by atoms with van der Waals surface area (Å²) < 4.78 is 22.3. The van der Waals surface area contributed by atoms with Crippen molar-refractivity contribution >= 4 is 87.8 Å². The minimum atomic E-state index is -1.63. The van der Waals surface area contributed by atoms with Crippen molar-refractivity contribution in [2.75, 3.05) is 11.5 Å². The molecular formula is C56H47B2Cl2N4O11-. The number of fused-ring (bicyclic) bond motifs is 4. The summed E-state index contributed by atoms with van der Waals surface area (Å²) in [7, 11) is -0.917. The molecule has 378 valence electrons. The maximum absolute atomic E-state index is 12.7. The molecule has 1 unspecified atom stereocenters. The van der Waals surface area contributed by atoms with Crippen LogP contribution in [0.15, 0.2) is 191 Å². The molecule has 15 nitrogen and oxygen atoms in total. The molecule has 0 radical (unpaired) electrons. The maximum Gasteiger partial charge on any atom is -1.00 e. The van der Waals surface area contributed by atoms with Gasteiger partial charge in [0.05, 0.1) is 16.5 Å². The number of hydrogen-bond donors (Lipinski definition) is 7. The molecule has 10 rings (SSSR count). The van der Waals surface area contributed by atoms with Crippen molar-refractivity contribution in [3.63, 3.8) is 0 Å². The maximum atomic E-state index is 12.7. The van der Waals surface area contributed by atoms with E-state index in [1.54, 1.807) is 103 Å². The van der Waals surface area contributed by atoms with Crippen LogP contribution >= 0.6 is 11.6 Å². The Morgan fingerprint density at radius 2 is 1.27 bits per heavy atom. The smallest absolute Gasteiger partial charge is 1.00 e. The van der Waals surface area contributed by atoms with Gasteiger partial charge >= 0.3 is 87.8 Å². The number of ether oxygens (including phenoxy) is 1. The Morgan fingerprint density at radius 1 is 0.680 bits per heavy atom. The summed E-state index contributed by atoms with van der Waals surface area (Å²) in [6, 6.07) is 40.8. The van der Waals surface area contributed by atoms with E-state index in [-0.39, 0.29) is 55.5 Å². The molecule has 1 amide bonds. The van der Waals surface area contributed by atoms with E-state index >= 15 is 0 Å². The van der Waals surface area contributed by atoms with E-state index in [0.29, 0.717) is 85.4 Å². The summed E-state index contributed by atoms with van der Waals surface area (Å²) in [5.74, 6) is -0.948. The van der Waals surface area contributed by atoms with Gasteiger partial charge in [-0.2, -0.15) is 0 Å². The molecule has 0 spiro atoms. The van der Waals surface area contributed by atoms with Gasteiger partial charge in [-0.1, -0.05) is 75.5 Å². The molecule has 0 saturated heterocycles. The Bertz CT molecular complexity index is 3620. The third kappa shape index (κ3) is 12.7. The van der Waals surface area contributed by atoms with Gasteiger partial charge in [0.25, 0.3) is 5.91 Å². The summed E-state index contributed by atoms with van der Waals surface area (Å²) in [6.07, 6.45) is 5.55. The predicted octanol–water partition coefficient (Wildman–Crippen LogP) is 4.87. The quantitative estimate of drug-likeness (QED) is 0.0463. The Labute approximate surface area is 442 Å². The fourth-order valence-electron chi connectivity index (χ4n) is 7.99. The zero-order valence-electron chi connectivity index (χ0n) is 38.0.